The summed E-state index contributed by atoms with van der Waals surface area (Å²) in [5.74, 6) is 2.11. The molecule has 30 heavy (non-hydrogen) atoms. The summed E-state index contributed by atoms with van der Waals surface area (Å²) in [6, 6.07) is 29.0. The fourth-order valence-corrected chi connectivity index (χ4v) is 3.03. The Morgan fingerprint density at radius 2 is 1.63 bits per heavy atom. The third kappa shape index (κ3) is 4.83. The fourth-order valence-electron chi connectivity index (χ4n) is 3.03. The van der Waals surface area contributed by atoms with Crippen LogP contribution in [0.2, 0.25) is 0 Å². The number of nitrogens with zero attached hydrogens (tertiary/aromatic N) is 1. The third-order valence-corrected chi connectivity index (χ3v) is 4.40. The van der Waals surface area contributed by atoms with Crippen molar-refractivity contribution in [2.45, 2.75) is 6.92 Å². The topological polar surface area (TPSA) is 63.2 Å². The van der Waals surface area contributed by atoms with Gasteiger partial charge in [0, 0.05) is 24.4 Å². The summed E-state index contributed by atoms with van der Waals surface area (Å²) in [6.07, 6.45) is 1.80. The maximum absolute atomic E-state index is 11.3. The molecule has 1 heterocycles. The molecule has 5 nitrogen and oxygen atoms in total. The number of carbonyl (C=O) groups excluding carboxylic acids is 1. The first-order chi connectivity index (χ1) is 14.7. The Morgan fingerprint density at radius 1 is 0.833 bits per heavy atom. The highest BCUT2D eigenvalue weighted by Crippen LogP contribution is 2.31. The molecule has 2 N–H and O–H groups in total. The van der Waals surface area contributed by atoms with Gasteiger partial charge in [-0.15, -0.1) is 0 Å². The minimum Gasteiger partial charge on any atom is -0.455 e. The molecule has 0 radical (unpaired) electrons. The number of hydrogen-bond acceptors (Lipinski definition) is 4. The molecule has 0 saturated carbocycles. The van der Waals surface area contributed by atoms with Crippen LogP contribution in [0.3, 0.4) is 0 Å². The minimum atomic E-state index is -0.0961. The summed E-state index contributed by atoms with van der Waals surface area (Å²) >= 11 is 0. The summed E-state index contributed by atoms with van der Waals surface area (Å²) in [5, 5.41) is 6.12. The first kappa shape index (κ1) is 19.2. The molecule has 1 aromatic heterocycles. The van der Waals surface area contributed by atoms with E-state index in [4.69, 9.17) is 4.74 Å². The molecule has 0 spiro atoms. The molecule has 0 bridgehead atoms. The Hall–Kier alpha value is -4.12. The van der Waals surface area contributed by atoms with Crippen LogP contribution in [0.1, 0.15) is 6.92 Å². The van der Waals surface area contributed by atoms with Crippen LogP contribution in [0.4, 0.5) is 17.2 Å². The van der Waals surface area contributed by atoms with Gasteiger partial charge < -0.3 is 15.4 Å². The first-order valence-electron chi connectivity index (χ1n) is 9.60. The summed E-state index contributed by atoms with van der Waals surface area (Å²) in [5.41, 5.74) is 3.53. The van der Waals surface area contributed by atoms with Gasteiger partial charge in [0.25, 0.3) is 0 Å². The second-order valence-electron chi connectivity index (χ2n) is 6.73. The van der Waals surface area contributed by atoms with Gasteiger partial charge in [-0.2, -0.15) is 0 Å². The molecule has 0 fully saturated rings. The Labute approximate surface area is 175 Å². The number of pyridine rings is 1. The van der Waals surface area contributed by atoms with Gasteiger partial charge >= 0.3 is 0 Å². The maximum Gasteiger partial charge on any atom is 0.221 e. The molecule has 0 atom stereocenters. The first-order valence-corrected chi connectivity index (χ1v) is 9.60. The number of anilines is 3. The van der Waals surface area contributed by atoms with Crippen molar-refractivity contribution in [1.82, 2.24) is 4.98 Å². The Kier molecular flexibility index (Phi) is 5.71. The van der Waals surface area contributed by atoms with Gasteiger partial charge in [-0.3, -0.25) is 4.79 Å². The predicted molar refractivity (Wildman–Crippen MR) is 120 cm³/mol. The van der Waals surface area contributed by atoms with Gasteiger partial charge in [0.05, 0.1) is 5.69 Å². The van der Waals surface area contributed by atoms with Crippen molar-refractivity contribution in [3.05, 3.63) is 97.2 Å². The number of aromatic nitrogens is 1. The van der Waals surface area contributed by atoms with E-state index in [1.807, 2.05) is 91.0 Å². The average Bonchev–Trinajstić information content (AvgIpc) is 2.76. The normalized spacial score (nSPS) is 10.3. The van der Waals surface area contributed by atoms with Crippen molar-refractivity contribution in [1.29, 1.82) is 0 Å². The van der Waals surface area contributed by atoms with E-state index in [1.165, 1.54) is 6.92 Å². The monoisotopic (exact) mass is 395 g/mol. The van der Waals surface area contributed by atoms with Crippen LogP contribution in [0, 0.1) is 0 Å². The quantitative estimate of drug-likeness (QED) is 0.405. The lowest BCUT2D eigenvalue weighted by Gasteiger charge is -2.13. The number of benzene rings is 3. The van der Waals surface area contributed by atoms with Gasteiger partial charge in [-0.05, 0) is 54.1 Å². The van der Waals surface area contributed by atoms with Crippen molar-refractivity contribution in [2.75, 3.05) is 10.6 Å². The van der Waals surface area contributed by atoms with Crippen molar-refractivity contribution in [2.24, 2.45) is 0 Å². The zero-order valence-electron chi connectivity index (χ0n) is 16.5. The van der Waals surface area contributed by atoms with Crippen LogP contribution in [0.15, 0.2) is 97.2 Å². The van der Waals surface area contributed by atoms with Gasteiger partial charge in [-0.25, -0.2) is 4.98 Å². The fraction of sp³-hybridized carbons (Fsp3) is 0.0400. The van der Waals surface area contributed by atoms with Crippen LogP contribution in [0.25, 0.3) is 11.1 Å². The number of para-hydroxylation sites is 3. The number of carbonyl (C=O) groups is 1. The Morgan fingerprint density at radius 3 is 2.40 bits per heavy atom. The van der Waals surface area contributed by atoms with Gasteiger partial charge in [-0.1, -0.05) is 42.5 Å². The molecular formula is C25H21N3O2. The summed E-state index contributed by atoms with van der Waals surface area (Å²) < 4.78 is 5.99. The van der Waals surface area contributed by atoms with Crippen molar-refractivity contribution in [3.63, 3.8) is 0 Å². The van der Waals surface area contributed by atoms with E-state index in [1.54, 1.807) is 6.20 Å². The largest absolute Gasteiger partial charge is 0.455 e. The second kappa shape index (κ2) is 8.92. The third-order valence-electron chi connectivity index (χ3n) is 4.40. The smallest absolute Gasteiger partial charge is 0.221 e. The predicted octanol–water partition coefficient (Wildman–Crippen LogP) is 6.24. The Balaban J connectivity index is 1.52. The summed E-state index contributed by atoms with van der Waals surface area (Å²) in [7, 11) is 0. The molecule has 4 aromatic rings. The lowest BCUT2D eigenvalue weighted by molar-refractivity contribution is -0.114. The van der Waals surface area contributed by atoms with E-state index in [9.17, 15) is 4.79 Å². The summed E-state index contributed by atoms with van der Waals surface area (Å²) in [6.45, 7) is 1.49. The van der Waals surface area contributed by atoms with E-state index in [2.05, 4.69) is 15.6 Å². The molecule has 148 valence electrons. The standard InChI is InChI=1S/C25H21N3O2/c1-18(29)27-21-9-7-8-19(16-21)20-14-15-25(26-17-20)28-23-12-5-6-13-24(23)30-22-10-3-2-4-11-22/h2-17H,1H3,(H,26,28)(H,27,29). The van der Waals surface area contributed by atoms with Crippen LogP contribution in [-0.2, 0) is 4.79 Å². The van der Waals surface area contributed by atoms with E-state index in [0.29, 0.717) is 5.82 Å². The van der Waals surface area contributed by atoms with Crippen LogP contribution in [0.5, 0.6) is 11.5 Å². The average molecular weight is 395 g/mol. The molecule has 0 aliphatic rings. The Bertz CT molecular complexity index is 1140. The highest BCUT2D eigenvalue weighted by molar-refractivity contribution is 5.89. The lowest BCUT2D eigenvalue weighted by atomic mass is 10.1. The summed E-state index contributed by atoms with van der Waals surface area (Å²) in [4.78, 5) is 15.8. The van der Waals surface area contributed by atoms with E-state index in [0.717, 1.165) is 34.0 Å². The number of ether oxygens (including phenoxy) is 1. The van der Waals surface area contributed by atoms with E-state index in [-0.39, 0.29) is 5.91 Å². The number of amides is 1. The van der Waals surface area contributed by atoms with Crippen LogP contribution >= 0.6 is 0 Å². The van der Waals surface area contributed by atoms with Gasteiger partial charge in [0.1, 0.15) is 11.6 Å². The SMILES string of the molecule is CC(=O)Nc1cccc(-c2ccc(Nc3ccccc3Oc3ccccc3)nc2)c1. The molecule has 0 saturated heterocycles. The highest BCUT2D eigenvalue weighted by atomic mass is 16.5. The molecule has 5 heteroatoms. The zero-order chi connectivity index (χ0) is 20.8. The van der Waals surface area contributed by atoms with Crippen molar-refractivity contribution >= 4 is 23.1 Å². The van der Waals surface area contributed by atoms with E-state index >= 15 is 0 Å². The highest BCUT2D eigenvalue weighted by Gasteiger charge is 2.07. The molecule has 0 unspecified atom stereocenters. The molecule has 1 amide bonds. The van der Waals surface area contributed by atoms with Gasteiger partial charge in [0.15, 0.2) is 5.75 Å². The molecule has 3 aromatic carbocycles. The number of rotatable bonds is 6. The van der Waals surface area contributed by atoms with Crippen LogP contribution < -0.4 is 15.4 Å². The number of nitrogens with one attached hydrogen (secondary N) is 2. The van der Waals surface area contributed by atoms with Crippen molar-refractivity contribution < 1.29 is 9.53 Å². The maximum atomic E-state index is 11.3. The molecule has 0 aliphatic carbocycles. The van der Waals surface area contributed by atoms with Gasteiger partial charge in [0.2, 0.25) is 5.91 Å². The molecule has 0 aliphatic heterocycles. The molecule has 4 rings (SSSR count). The van der Waals surface area contributed by atoms with E-state index < -0.39 is 0 Å². The van der Waals surface area contributed by atoms with Crippen molar-refractivity contribution in [3.8, 4) is 22.6 Å². The lowest BCUT2D eigenvalue weighted by Crippen LogP contribution is -2.05. The zero-order valence-corrected chi connectivity index (χ0v) is 16.5. The van der Waals surface area contributed by atoms with Crippen LogP contribution in [-0.4, -0.2) is 10.9 Å². The molecular weight excluding hydrogens is 374 g/mol. The minimum absolute atomic E-state index is 0.0961. The second-order valence-corrected chi connectivity index (χ2v) is 6.73. The number of hydrogen-bond donors (Lipinski definition) is 2.